The van der Waals surface area contributed by atoms with E-state index in [-0.39, 0.29) is 62.7 Å². The Morgan fingerprint density at radius 2 is 2.00 bits per heavy atom. The average molecular weight is 251 g/mol. The minimum atomic E-state index is -2.07. The summed E-state index contributed by atoms with van der Waals surface area (Å²) in [5.41, 5.74) is 0. The van der Waals surface area contributed by atoms with Crippen molar-refractivity contribution in [2.24, 2.45) is 0 Å². The molecule has 12 heavy (non-hydrogen) atoms. The van der Waals surface area contributed by atoms with Crippen LogP contribution in [0.3, 0.4) is 0 Å². The first-order valence-electron chi connectivity index (χ1n) is 2.67. The second-order valence-corrected chi connectivity index (χ2v) is 3.61. The van der Waals surface area contributed by atoms with E-state index >= 15 is 0 Å². The van der Waals surface area contributed by atoms with Crippen molar-refractivity contribution in [2.45, 2.75) is 4.90 Å². The quantitative estimate of drug-likeness (QED) is 0.549. The van der Waals surface area contributed by atoms with Crippen LogP contribution >= 0.6 is 23.2 Å². The summed E-state index contributed by atoms with van der Waals surface area (Å²) in [6.45, 7) is 0. The zero-order valence-corrected chi connectivity index (χ0v) is 11.7. The average Bonchev–Trinajstić information content (AvgIpc) is 1.94. The van der Waals surface area contributed by atoms with Crippen molar-refractivity contribution >= 4 is 34.3 Å². The molecule has 0 aromatic heterocycles. The van der Waals surface area contributed by atoms with Crippen LogP contribution in [0, 0.1) is 0 Å². The van der Waals surface area contributed by atoms with Crippen LogP contribution in [0.25, 0.3) is 0 Å². The number of halogens is 2. The third-order valence-corrected chi connectivity index (χ3v) is 2.47. The van der Waals surface area contributed by atoms with E-state index in [1.807, 2.05) is 0 Å². The van der Waals surface area contributed by atoms with Gasteiger partial charge in [0.2, 0.25) is 0 Å². The molecule has 62 valence electrons. The van der Waals surface area contributed by atoms with E-state index in [1.54, 1.807) is 6.07 Å². The molecule has 0 fully saturated rings. The predicted octanol–water partition coefficient (Wildman–Crippen LogP) is -0.309. The predicted molar refractivity (Wildman–Crippen MR) is 46.6 cm³/mol. The molecule has 1 unspecified atom stereocenters. The Balaban J connectivity index is 0. The molecule has 1 atom stereocenters. The van der Waals surface area contributed by atoms with Gasteiger partial charge in [0.1, 0.15) is 0 Å². The Bertz CT molecular complexity index is 311. The molecule has 0 spiro atoms. The van der Waals surface area contributed by atoms with Crippen LogP contribution in [0.2, 0.25) is 10.0 Å². The summed E-state index contributed by atoms with van der Waals surface area (Å²) >= 11 is 9.07. The third kappa shape index (κ3) is 3.73. The maximum atomic E-state index is 10.5. The molecule has 0 aliphatic carbocycles. The van der Waals surface area contributed by atoms with Gasteiger partial charge in [0.25, 0.3) is 0 Å². The monoisotopic (exact) mass is 250 g/mol. The fourth-order valence-corrected chi connectivity index (χ4v) is 1.63. The summed E-state index contributed by atoms with van der Waals surface area (Å²) in [5.74, 6) is 0. The molecule has 0 heterocycles. The zero-order chi connectivity index (χ0) is 8.43. The van der Waals surface area contributed by atoms with E-state index in [4.69, 9.17) is 27.8 Å². The van der Waals surface area contributed by atoms with Gasteiger partial charge < -0.3 is 5.98 Å². The normalized spacial score (nSPS) is 11.9. The van der Waals surface area contributed by atoms with Crippen LogP contribution in [0.4, 0.5) is 0 Å². The van der Waals surface area contributed by atoms with Crippen LogP contribution in [-0.2, 0) is 11.1 Å². The van der Waals surface area contributed by atoms with Crippen molar-refractivity contribution in [1.29, 1.82) is 0 Å². The maximum absolute atomic E-state index is 10.5. The fourth-order valence-electron chi connectivity index (χ4n) is 0.611. The van der Waals surface area contributed by atoms with Crippen LogP contribution in [0.5, 0.6) is 0 Å². The summed E-state index contributed by atoms with van der Waals surface area (Å²) in [4.78, 5) is 0.138. The topological polar surface area (TPSA) is 37.3 Å². The van der Waals surface area contributed by atoms with Crippen molar-refractivity contribution in [2.75, 3.05) is 0 Å². The van der Waals surface area contributed by atoms with Gasteiger partial charge in [0.15, 0.2) is 11.1 Å². The fraction of sp³-hybridized carbons (Fsp3) is 0. The number of hydrogen-bond donors (Lipinski definition) is 1. The second kappa shape index (κ2) is 6.11. The van der Waals surface area contributed by atoms with Gasteiger partial charge in [-0.2, -0.15) is 0 Å². The molecule has 0 saturated carbocycles. The van der Waals surface area contributed by atoms with Gasteiger partial charge in [-0.05, 0) is 18.2 Å². The van der Waals surface area contributed by atoms with E-state index in [2.05, 4.69) is 0 Å². The number of hydrogen-bond acceptors (Lipinski definition) is 1. The van der Waals surface area contributed by atoms with Crippen LogP contribution in [-0.4, -0.2) is 8.76 Å². The van der Waals surface area contributed by atoms with Crippen LogP contribution in [0.15, 0.2) is 23.1 Å². The first-order chi connectivity index (χ1) is 5.11. The first kappa shape index (κ1) is 13.5. The molecule has 0 aliphatic rings. The van der Waals surface area contributed by atoms with E-state index in [1.165, 1.54) is 12.1 Å². The van der Waals surface area contributed by atoms with Crippen LogP contribution in [0.1, 0.15) is 1.43 Å². The minimum Gasteiger partial charge on any atom is -1.00 e. The molecule has 1 N–H and O–H groups in total. The standard InChI is InChI=1S/C6H4Cl2O2S.K.H/c7-4-1-2-5(8)6(3-4)11(9)10;;/h1-3H,(H,9,10);;/q;+1;-1. The maximum Gasteiger partial charge on any atom is 1.00 e. The molecule has 0 radical (unpaired) electrons. The van der Waals surface area contributed by atoms with Crippen molar-refractivity contribution < 1.29 is 61.6 Å². The number of benzene rings is 1. The largest absolute Gasteiger partial charge is 1.00 e. The Kier molecular flexibility index (Phi) is 6.90. The summed E-state index contributed by atoms with van der Waals surface area (Å²) in [5, 5.41) is 0.641. The summed E-state index contributed by atoms with van der Waals surface area (Å²) in [6, 6.07) is 4.40. The van der Waals surface area contributed by atoms with Gasteiger partial charge in [-0.3, -0.25) is 0 Å². The second-order valence-electron chi connectivity index (χ2n) is 1.82. The van der Waals surface area contributed by atoms with Crippen molar-refractivity contribution in [3.8, 4) is 0 Å². The molecule has 0 amide bonds. The molecular formula is C6H5Cl2KO2S. The Labute approximate surface area is 127 Å². The minimum absolute atomic E-state index is 0. The molecule has 0 bridgehead atoms. The van der Waals surface area contributed by atoms with Gasteiger partial charge in [-0.25, -0.2) is 4.21 Å². The van der Waals surface area contributed by atoms with Gasteiger partial charge in [0.05, 0.1) is 9.92 Å². The summed E-state index contributed by atoms with van der Waals surface area (Å²) in [6.07, 6.45) is 0. The van der Waals surface area contributed by atoms with Crippen molar-refractivity contribution in [1.82, 2.24) is 0 Å². The summed E-state index contributed by atoms with van der Waals surface area (Å²) in [7, 11) is 0. The molecule has 1 aromatic carbocycles. The van der Waals surface area contributed by atoms with E-state index < -0.39 is 11.1 Å². The van der Waals surface area contributed by atoms with Crippen molar-refractivity contribution in [3.63, 3.8) is 0 Å². The Morgan fingerprint density at radius 1 is 1.42 bits per heavy atom. The molecule has 1 rings (SSSR count). The molecule has 0 aliphatic heterocycles. The van der Waals surface area contributed by atoms with Gasteiger partial charge in [-0.1, -0.05) is 23.2 Å². The van der Waals surface area contributed by atoms with E-state index in [9.17, 15) is 4.21 Å². The third-order valence-electron chi connectivity index (χ3n) is 1.08. The van der Waals surface area contributed by atoms with Crippen molar-refractivity contribution in [3.05, 3.63) is 28.2 Å². The SMILES string of the molecule is O=S(O)c1cc(Cl)ccc1Cl.[H-].[K+]. The molecule has 0 saturated heterocycles. The Morgan fingerprint density at radius 3 is 2.42 bits per heavy atom. The zero-order valence-electron chi connectivity index (χ0n) is 7.25. The molecule has 1 aromatic rings. The molecule has 6 heteroatoms. The van der Waals surface area contributed by atoms with E-state index in [0.717, 1.165) is 0 Å². The Hall–Kier alpha value is 1.55. The first-order valence-corrected chi connectivity index (χ1v) is 4.53. The summed E-state index contributed by atoms with van der Waals surface area (Å²) < 4.78 is 19.2. The number of rotatable bonds is 1. The van der Waals surface area contributed by atoms with E-state index in [0.29, 0.717) is 5.02 Å². The molecular weight excluding hydrogens is 246 g/mol. The molecule has 2 nitrogen and oxygen atoms in total. The van der Waals surface area contributed by atoms with Gasteiger partial charge >= 0.3 is 51.4 Å². The smallest absolute Gasteiger partial charge is 1.00 e. The van der Waals surface area contributed by atoms with Crippen LogP contribution < -0.4 is 51.4 Å². The van der Waals surface area contributed by atoms with Gasteiger partial charge in [-0.15, -0.1) is 0 Å². The van der Waals surface area contributed by atoms with Gasteiger partial charge in [0, 0.05) is 5.02 Å².